The smallest absolute Gasteiger partial charge is 0.270 e. The highest BCUT2D eigenvalue weighted by Gasteiger charge is 2.19. The van der Waals surface area contributed by atoms with E-state index in [1.807, 2.05) is 0 Å². The summed E-state index contributed by atoms with van der Waals surface area (Å²) in [4.78, 5) is 25.9. The van der Waals surface area contributed by atoms with E-state index < -0.39 is 0 Å². The summed E-state index contributed by atoms with van der Waals surface area (Å²) in [5, 5.41) is 3.06. The van der Waals surface area contributed by atoms with Crippen LogP contribution in [0.3, 0.4) is 0 Å². The number of carbonyl (C=O) groups is 1. The zero-order chi connectivity index (χ0) is 15.4. The number of hydrogen-bond donors (Lipinski definition) is 1. The molecule has 0 aromatic carbocycles. The normalized spacial score (nSPS) is 15.5. The van der Waals surface area contributed by atoms with Gasteiger partial charge in [0.25, 0.3) is 5.91 Å². The highest BCUT2D eigenvalue weighted by atomic mass is 32.1. The lowest BCUT2D eigenvalue weighted by Gasteiger charge is -2.22. The van der Waals surface area contributed by atoms with E-state index in [4.69, 9.17) is 4.74 Å². The van der Waals surface area contributed by atoms with Gasteiger partial charge >= 0.3 is 0 Å². The van der Waals surface area contributed by atoms with Crippen LogP contribution in [-0.4, -0.2) is 34.0 Å². The van der Waals surface area contributed by atoms with E-state index >= 15 is 0 Å². The average molecular weight is 318 g/mol. The first-order valence-corrected chi connectivity index (χ1v) is 8.27. The van der Waals surface area contributed by atoms with Gasteiger partial charge in [0.15, 0.2) is 5.82 Å². The molecule has 0 atom stereocenters. The molecule has 0 radical (unpaired) electrons. The third-order valence-electron chi connectivity index (χ3n) is 3.74. The van der Waals surface area contributed by atoms with Gasteiger partial charge in [-0.2, -0.15) is 4.98 Å². The van der Waals surface area contributed by atoms with Gasteiger partial charge in [0, 0.05) is 18.3 Å². The van der Waals surface area contributed by atoms with E-state index in [1.54, 1.807) is 17.8 Å². The van der Waals surface area contributed by atoms with E-state index in [2.05, 4.69) is 20.3 Å². The average Bonchev–Trinajstić information content (AvgIpc) is 3.10. The van der Waals surface area contributed by atoms with E-state index in [0.717, 1.165) is 17.7 Å². The summed E-state index contributed by atoms with van der Waals surface area (Å²) < 4.78 is 5.19. The zero-order valence-corrected chi connectivity index (χ0v) is 13.2. The van der Waals surface area contributed by atoms with Crippen LogP contribution in [0.25, 0.3) is 10.7 Å². The predicted molar refractivity (Wildman–Crippen MR) is 84.0 cm³/mol. The number of thiazole rings is 1. The molecule has 1 amide bonds. The van der Waals surface area contributed by atoms with Gasteiger partial charge in [0.1, 0.15) is 5.69 Å². The summed E-state index contributed by atoms with van der Waals surface area (Å²) in [7, 11) is 1.53. The molecule has 2 aromatic rings. The van der Waals surface area contributed by atoms with Crippen molar-refractivity contribution in [2.45, 2.75) is 38.1 Å². The molecule has 1 saturated carbocycles. The van der Waals surface area contributed by atoms with Crippen LogP contribution in [0.15, 0.2) is 17.8 Å². The highest BCUT2D eigenvalue weighted by Crippen LogP contribution is 2.23. The molecular formula is C15H18N4O2S. The maximum Gasteiger partial charge on any atom is 0.270 e. The van der Waals surface area contributed by atoms with Crippen LogP contribution >= 0.6 is 11.3 Å². The summed E-state index contributed by atoms with van der Waals surface area (Å²) in [6.07, 6.45) is 7.35. The number of nitrogens with one attached hydrogen (secondary N) is 1. The van der Waals surface area contributed by atoms with Gasteiger partial charge in [0.05, 0.1) is 17.5 Å². The predicted octanol–water partition coefficient (Wildman–Crippen LogP) is 2.67. The molecule has 22 heavy (non-hydrogen) atoms. The molecular weight excluding hydrogens is 300 g/mol. The van der Waals surface area contributed by atoms with Crippen LogP contribution in [0.4, 0.5) is 0 Å². The molecule has 2 heterocycles. The fourth-order valence-electron chi connectivity index (χ4n) is 2.59. The van der Waals surface area contributed by atoms with Crippen LogP contribution in [0, 0.1) is 0 Å². The van der Waals surface area contributed by atoms with E-state index in [-0.39, 0.29) is 11.9 Å². The summed E-state index contributed by atoms with van der Waals surface area (Å²) in [6.45, 7) is 0. The van der Waals surface area contributed by atoms with Crippen LogP contribution in [0.5, 0.6) is 5.88 Å². The summed E-state index contributed by atoms with van der Waals surface area (Å²) in [6, 6.07) is 1.82. The van der Waals surface area contributed by atoms with Crippen molar-refractivity contribution >= 4 is 17.2 Å². The lowest BCUT2D eigenvalue weighted by Crippen LogP contribution is -2.36. The highest BCUT2D eigenvalue weighted by molar-refractivity contribution is 7.13. The van der Waals surface area contributed by atoms with Gasteiger partial charge in [-0.05, 0) is 12.8 Å². The molecule has 1 aliphatic rings. The Morgan fingerprint density at radius 1 is 1.32 bits per heavy atom. The molecule has 2 aromatic heterocycles. The van der Waals surface area contributed by atoms with Crippen molar-refractivity contribution in [2.24, 2.45) is 0 Å². The van der Waals surface area contributed by atoms with Gasteiger partial charge in [-0.1, -0.05) is 19.3 Å². The van der Waals surface area contributed by atoms with Crippen molar-refractivity contribution in [3.8, 4) is 16.6 Å². The first-order chi connectivity index (χ1) is 10.8. The van der Waals surface area contributed by atoms with Crippen LogP contribution in [-0.2, 0) is 0 Å². The fraction of sp³-hybridized carbons (Fsp3) is 0.467. The van der Waals surface area contributed by atoms with Crippen molar-refractivity contribution in [1.29, 1.82) is 0 Å². The number of rotatable bonds is 4. The molecule has 0 aliphatic heterocycles. The summed E-state index contributed by atoms with van der Waals surface area (Å²) in [5.41, 5.74) is 2.04. The monoisotopic (exact) mass is 318 g/mol. The Bertz CT molecular complexity index is 639. The zero-order valence-electron chi connectivity index (χ0n) is 12.4. The Hall–Kier alpha value is -2.02. The number of aromatic nitrogens is 3. The first-order valence-electron chi connectivity index (χ1n) is 7.39. The number of hydrogen-bond acceptors (Lipinski definition) is 6. The van der Waals surface area contributed by atoms with Crippen molar-refractivity contribution in [3.05, 3.63) is 23.5 Å². The van der Waals surface area contributed by atoms with Crippen molar-refractivity contribution in [2.75, 3.05) is 7.11 Å². The third-order valence-corrected chi connectivity index (χ3v) is 4.51. The number of methoxy groups -OCH3 is 1. The Kier molecular flexibility index (Phi) is 4.62. The SMILES string of the molecule is COc1cc(C(=O)NC2CCCCC2)nc(-c2cncs2)n1. The lowest BCUT2D eigenvalue weighted by molar-refractivity contribution is 0.0922. The first kappa shape index (κ1) is 14.9. The topological polar surface area (TPSA) is 77.0 Å². The summed E-state index contributed by atoms with van der Waals surface area (Å²) in [5.74, 6) is 0.682. The van der Waals surface area contributed by atoms with Gasteiger partial charge in [-0.25, -0.2) is 4.98 Å². The van der Waals surface area contributed by atoms with Gasteiger partial charge in [-0.15, -0.1) is 11.3 Å². The second kappa shape index (κ2) is 6.83. The quantitative estimate of drug-likeness (QED) is 0.938. The van der Waals surface area contributed by atoms with Crippen molar-refractivity contribution < 1.29 is 9.53 Å². The molecule has 6 nitrogen and oxygen atoms in total. The van der Waals surface area contributed by atoms with Crippen molar-refractivity contribution in [1.82, 2.24) is 20.3 Å². The van der Waals surface area contributed by atoms with E-state index in [1.165, 1.54) is 37.7 Å². The van der Waals surface area contributed by atoms with Crippen LogP contribution in [0.2, 0.25) is 0 Å². The van der Waals surface area contributed by atoms with Gasteiger partial charge in [0.2, 0.25) is 5.88 Å². The summed E-state index contributed by atoms with van der Waals surface area (Å²) >= 11 is 1.43. The maximum atomic E-state index is 12.4. The second-order valence-corrected chi connectivity index (χ2v) is 6.18. The third kappa shape index (κ3) is 3.41. The molecule has 0 saturated heterocycles. The molecule has 1 aliphatic carbocycles. The minimum Gasteiger partial charge on any atom is -0.481 e. The van der Waals surface area contributed by atoms with Crippen molar-refractivity contribution in [3.63, 3.8) is 0 Å². The van der Waals surface area contributed by atoms with Crippen LogP contribution < -0.4 is 10.1 Å². The van der Waals surface area contributed by atoms with Crippen LogP contribution in [0.1, 0.15) is 42.6 Å². The number of ether oxygens (including phenoxy) is 1. The molecule has 3 rings (SSSR count). The molecule has 1 N–H and O–H groups in total. The Morgan fingerprint density at radius 2 is 2.14 bits per heavy atom. The van der Waals surface area contributed by atoms with Gasteiger partial charge < -0.3 is 10.1 Å². The number of nitrogens with zero attached hydrogens (tertiary/aromatic N) is 3. The number of amides is 1. The van der Waals surface area contributed by atoms with E-state index in [9.17, 15) is 4.79 Å². The molecule has 1 fully saturated rings. The molecule has 116 valence electrons. The maximum absolute atomic E-state index is 12.4. The molecule has 7 heteroatoms. The molecule has 0 spiro atoms. The minimum atomic E-state index is -0.168. The van der Waals surface area contributed by atoms with Gasteiger partial charge in [-0.3, -0.25) is 9.78 Å². The number of carbonyl (C=O) groups excluding carboxylic acids is 1. The Labute approximate surface area is 133 Å². The largest absolute Gasteiger partial charge is 0.481 e. The molecule has 0 bridgehead atoms. The van der Waals surface area contributed by atoms with E-state index in [0.29, 0.717) is 17.4 Å². The minimum absolute atomic E-state index is 0.168. The Morgan fingerprint density at radius 3 is 2.82 bits per heavy atom. The fourth-order valence-corrected chi connectivity index (χ4v) is 3.14. The molecule has 0 unspecified atom stereocenters. The standard InChI is InChI=1S/C15H18N4O2S/c1-21-13-7-11(15(20)17-10-5-3-2-4-6-10)18-14(19-13)12-8-16-9-22-12/h7-10H,2-6H2,1H3,(H,17,20). The second-order valence-electron chi connectivity index (χ2n) is 5.29. The Balaban J connectivity index is 1.82. The lowest BCUT2D eigenvalue weighted by atomic mass is 9.95.